The first kappa shape index (κ1) is 56.3. The van der Waals surface area contributed by atoms with Gasteiger partial charge in [0.2, 0.25) is 0 Å². The van der Waals surface area contributed by atoms with E-state index in [2.05, 4.69) is 53.1 Å². The van der Waals surface area contributed by atoms with Crippen molar-refractivity contribution in [3.8, 4) is 45.8 Å². The first-order valence-corrected chi connectivity index (χ1v) is 25.3. The number of nitrogens with zero attached hydrogens (tertiary/aromatic N) is 8. The first-order chi connectivity index (χ1) is 35.8. The number of likely N-dealkylation sites (N-methyl/N-ethyl adjacent to an activating group) is 2. The van der Waals surface area contributed by atoms with Crippen molar-refractivity contribution in [3.63, 3.8) is 0 Å². The van der Waals surface area contributed by atoms with Gasteiger partial charge in [0.25, 0.3) is 11.8 Å². The van der Waals surface area contributed by atoms with Crippen molar-refractivity contribution in [1.29, 1.82) is 0 Å². The molecule has 1 amide bonds. The number of rotatable bonds is 18. The molecule has 75 heavy (non-hydrogen) atoms. The Labute approximate surface area is 439 Å². The van der Waals surface area contributed by atoms with E-state index in [1.54, 1.807) is 52.5 Å². The standard InChI is InChI=1S/C28H31F3N6O3S.C25H36N4O5/c1-37(25-20-11-19(13-28(29,30)31)41-27(20)34-15-33-25)22-9-18(10-23(22)38-2)32-14-16-5-7-17(8-6-16)21-12-24(39-3)26(40-4)36-35-21;1-25(2,3)34-24(30)29(4)20-12-18(13-21(20)31-5)26-15-16-8-10-17(11-9-16)19-14-22(32-6)23(33-7)28-27-19/h5-8,11-12,15,18,22-23,32H,9-10,13-14H2,1-4H3;8-11,14,18,20-21,26H,12-13,15H2,1-7H3/t18-,22+,23+;18-,20+,21+/m11/s1. The van der Waals surface area contributed by atoms with E-state index in [4.69, 9.17) is 33.2 Å². The zero-order valence-electron chi connectivity index (χ0n) is 44.2. The fourth-order valence-corrected chi connectivity index (χ4v) is 10.4. The fraction of sp³-hybridized carbons (Fsp3) is 0.491. The Kier molecular flexibility index (Phi) is 18.7. The summed E-state index contributed by atoms with van der Waals surface area (Å²) in [5.74, 6) is 2.35. The number of methoxy groups -OCH3 is 6. The zero-order chi connectivity index (χ0) is 54.0. The number of fused-ring (bicyclic) bond motifs is 1. The average molecular weight is 1060 g/mol. The molecular formula is C53H67F3N10O8S. The fourth-order valence-electron chi connectivity index (χ4n) is 9.39. The van der Waals surface area contributed by atoms with Crippen molar-refractivity contribution in [2.45, 2.75) is 114 Å². The van der Waals surface area contributed by atoms with Gasteiger partial charge in [-0.25, -0.2) is 14.8 Å². The predicted octanol–water partition coefficient (Wildman–Crippen LogP) is 8.71. The Bertz CT molecular complexity index is 2820. The summed E-state index contributed by atoms with van der Waals surface area (Å²) in [6.07, 6.45) is -1.06. The van der Waals surface area contributed by atoms with Crippen LogP contribution in [0.2, 0.25) is 0 Å². The quantitative estimate of drug-likeness (QED) is 0.0831. The third-order valence-electron chi connectivity index (χ3n) is 13.3. The summed E-state index contributed by atoms with van der Waals surface area (Å²) in [6.45, 7) is 6.98. The van der Waals surface area contributed by atoms with Crippen molar-refractivity contribution < 1.29 is 51.1 Å². The number of benzene rings is 2. The Morgan fingerprint density at radius 2 is 1.16 bits per heavy atom. The lowest BCUT2D eigenvalue weighted by molar-refractivity contribution is -0.126. The number of nitrogens with one attached hydrogen (secondary N) is 2. The Hall–Kier alpha value is -6.46. The van der Waals surface area contributed by atoms with Gasteiger partial charge in [-0.15, -0.1) is 31.7 Å². The predicted molar refractivity (Wildman–Crippen MR) is 280 cm³/mol. The van der Waals surface area contributed by atoms with Gasteiger partial charge in [0.1, 0.15) is 22.6 Å². The second-order valence-corrected chi connectivity index (χ2v) is 20.5. The van der Waals surface area contributed by atoms with Gasteiger partial charge in [-0.2, -0.15) is 13.2 Å². The van der Waals surface area contributed by atoms with Crippen molar-refractivity contribution in [3.05, 3.63) is 89.1 Å². The van der Waals surface area contributed by atoms with Gasteiger partial charge in [0.05, 0.1) is 75.9 Å². The Morgan fingerprint density at radius 1 is 0.667 bits per heavy atom. The normalized spacial score (nSPS) is 19.5. The van der Waals surface area contributed by atoms with Crippen LogP contribution in [0.15, 0.2) is 73.1 Å². The number of aromatic nitrogens is 6. The SMILES string of the molecule is COc1cc(-c2ccc(CN[C@H]3C[C@H](OC)[C@@H](N(C)C(=O)OC(C)(C)C)C3)cc2)nnc1OC.COc1cc(-c2ccc(CN[C@H]3C[C@H](OC)[C@@H](N(C)c4ncnc5sc(CC(F)(F)F)cc45)C3)cc2)nnc1OC. The lowest BCUT2D eigenvalue weighted by Gasteiger charge is -2.31. The number of amides is 1. The summed E-state index contributed by atoms with van der Waals surface area (Å²) in [6, 6.07) is 21.7. The van der Waals surface area contributed by atoms with Crippen molar-refractivity contribution in [2.75, 3.05) is 61.7 Å². The molecule has 18 nitrogen and oxygen atoms in total. The summed E-state index contributed by atoms with van der Waals surface area (Å²) in [5, 5.41) is 24.4. The lowest BCUT2D eigenvalue weighted by atomic mass is 10.1. The maximum absolute atomic E-state index is 13.0. The molecule has 2 fully saturated rings. The molecule has 4 heterocycles. The Balaban J connectivity index is 0.000000223. The molecule has 2 aliphatic carbocycles. The van der Waals surface area contributed by atoms with E-state index < -0.39 is 18.2 Å². The Morgan fingerprint density at radius 3 is 1.61 bits per heavy atom. The molecule has 8 rings (SSSR count). The first-order valence-electron chi connectivity index (χ1n) is 24.4. The van der Waals surface area contributed by atoms with Crippen molar-refractivity contribution in [1.82, 2.24) is 45.9 Å². The largest absolute Gasteiger partial charge is 0.491 e. The highest BCUT2D eigenvalue weighted by Gasteiger charge is 2.40. The molecule has 0 bridgehead atoms. The van der Waals surface area contributed by atoms with E-state index >= 15 is 0 Å². The minimum Gasteiger partial charge on any atom is -0.491 e. The second-order valence-electron chi connectivity index (χ2n) is 19.4. The van der Waals surface area contributed by atoms with Crippen LogP contribution in [0.4, 0.5) is 23.8 Å². The van der Waals surface area contributed by atoms with Crippen LogP contribution < -0.4 is 34.5 Å². The average Bonchev–Trinajstić information content (AvgIpc) is 4.15. The van der Waals surface area contributed by atoms with Crippen LogP contribution in [0.5, 0.6) is 23.3 Å². The molecule has 0 spiro atoms. The highest BCUT2D eigenvalue weighted by atomic mass is 32.1. The minimum atomic E-state index is -4.27. The molecule has 6 atom stereocenters. The monoisotopic (exact) mass is 1060 g/mol. The molecule has 2 aromatic carbocycles. The van der Waals surface area contributed by atoms with E-state index in [1.165, 1.54) is 20.5 Å². The topological polar surface area (TPSA) is 190 Å². The number of anilines is 1. The van der Waals surface area contributed by atoms with E-state index in [-0.39, 0.29) is 47.3 Å². The van der Waals surface area contributed by atoms with Crippen molar-refractivity contribution >= 4 is 33.5 Å². The number of hydrogen-bond acceptors (Lipinski definition) is 18. The summed E-state index contributed by atoms with van der Waals surface area (Å²) in [7, 11) is 13.3. The van der Waals surface area contributed by atoms with Crippen LogP contribution in [0.1, 0.15) is 62.5 Å². The van der Waals surface area contributed by atoms with Gasteiger partial charge in [-0.1, -0.05) is 48.5 Å². The number of carbonyl (C=O) groups excluding carboxylic acids is 1. The van der Waals surface area contributed by atoms with Crippen molar-refractivity contribution in [2.24, 2.45) is 0 Å². The molecule has 6 aromatic rings. The van der Waals surface area contributed by atoms with Crippen LogP contribution in [0.3, 0.4) is 0 Å². The van der Waals surface area contributed by atoms with E-state index in [0.29, 0.717) is 63.8 Å². The van der Waals surface area contributed by atoms with Gasteiger partial charge < -0.3 is 53.6 Å². The van der Waals surface area contributed by atoms with Gasteiger partial charge >= 0.3 is 12.3 Å². The molecule has 0 saturated heterocycles. The highest BCUT2D eigenvalue weighted by molar-refractivity contribution is 7.18. The molecule has 2 N–H and O–H groups in total. The lowest BCUT2D eigenvalue weighted by Crippen LogP contribution is -2.44. The maximum Gasteiger partial charge on any atom is 0.410 e. The third-order valence-corrected chi connectivity index (χ3v) is 14.3. The van der Waals surface area contributed by atoms with Gasteiger partial charge in [0.15, 0.2) is 11.5 Å². The summed E-state index contributed by atoms with van der Waals surface area (Å²) >= 11 is 1.05. The van der Waals surface area contributed by atoms with Gasteiger partial charge in [0, 0.05) is 81.6 Å². The van der Waals surface area contributed by atoms with Crippen LogP contribution >= 0.6 is 11.3 Å². The van der Waals surface area contributed by atoms with E-state index in [9.17, 15) is 18.0 Å². The maximum atomic E-state index is 13.0. The van der Waals surface area contributed by atoms with Crippen LogP contribution in [-0.2, 0) is 33.7 Å². The molecule has 2 saturated carbocycles. The number of halogens is 3. The molecule has 0 radical (unpaired) electrons. The third kappa shape index (κ3) is 14.5. The number of thiophene rings is 1. The number of hydrogen-bond donors (Lipinski definition) is 2. The molecule has 404 valence electrons. The summed E-state index contributed by atoms with van der Waals surface area (Å²) in [5.41, 5.74) is 4.98. The molecule has 22 heteroatoms. The van der Waals surface area contributed by atoms with E-state index in [0.717, 1.165) is 59.3 Å². The summed E-state index contributed by atoms with van der Waals surface area (Å²) in [4.78, 5) is 25.6. The molecular weight excluding hydrogens is 994 g/mol. The zero-order valence-corrected chi connectivity index (χ0v) is 45.0. The molecule has 0 unspecified atom stereocenters. The second kappa shape index (κ2) is 24.9. The van der Waals surface area contributed by atoms with E-state index in [1.807, 2.05) is 75.2 Å². The highest BCUT2D eigenvalue weighted by Crippen LogP contribution is 2.37. The number of ether oxygens (including phenoxy) is 7. The summed E-state index contributed by atoms with van der Waals surface area (Å²) < 4.78 is 77.0. The van der Waals surface area contributed by atoms with Gasteiger partial charge in [-0.3, -0.25) is 0 Å². The smallest absolute Gasteiger partial charge is 0.410 e. The number of carbonyl (C=O) groups is 1. The molecule has 2 aliphatic rings. The van der Waals surface area contributed by atoms with Gasteiger partial charge in [-0.05, 0) is 63.6 Å². The number of alkyl halides is 3. The molecule has 4 aromatic heterocycles. The van der Waals surface area contributed by atoms with Crippen LogP contribution in [-0.4, -0.2) is 146 Å². The molecule has 0 aliphatic heterocycles. The van der Waals surface area contributed by atoms with Crippen LogP contribution in [0.25, 0.3) is 32.7 Å². The minimum absolute atomic E-state index is 0.00688. The van der Waals surface area contributed by atoms with Crippen LogP contribution in [0, 0.1) is 0 Å².